The van der Waals surface area contributed by atoms with Gasteiger partial charge in [-0.1, -0.05) is 12.1 Å². The fourth-order valence-corrected chi connectivity index (χ4v) is 2.52. The summed E-state index contributed by atoms with van der Waals surface area (Å²) in [5, 5.41) is 9.49. The Kier molecular flexibility index (Phi) is 6.01. The topological polar surface area (TPSA) is 118 Å². The lowest BCUT2D eigenvalue weighted by atomic mass is 10.1. The summed E-state index contributed by atoms with van der Waals surface area (Å²) in [6, 6.07) is 8.45. The highest BCUT2D eigenvalue weighted by Crippen LogP contribution is 2.13. The van der Waals surface area contributed by atoms with Crippen molar-refractivity contribution in [2.24, 2.45) is 5.14 Å². The number of carbonyl (C=O) groups is 2. The zero-order valence-electron chi connectivity index (χ0n) is 13.3. The number of nitrogens with one attached hydrogen (secondary N) is 2. The van der Waals surface area contributed by atoms with Crippen molar-refractivity contribution in [1.82, 2.24) is 5.32 Å². The number of hydrogen-bond donors (Lipinski definition) is 3. The molecule has 0 aromatic heterocycles. The number of anilines is 1. The lowest BCUT2D eigenvalue weighted by molar-refractivity contribution is -0.136. The summed E-state index contributed by atoms with van der Waals surface area (Å²) in [5.41, 5.74) is 0.668. The van der Waals surface area contributed by atoms with Crippen molar-refractivity contribution < 1.29 is 26.8 Å². The van der Waals surface area contributed by atoms with Gasteiger partial charge in [0.1, 0.15) is 0 Å². The average molecular weight is 383 g/mol. The van der Waals surface area contributed by atoms with E-state index in [1.807, 2.05) is 0 Å². The normalized spacial score (nSPS) is 11.0. The summed E-state index contributed by atoms with van der Waals surface area (Å²) < 4.78 is 48.1. The van der Waals surface area contributed by atoms with Gasteiger partial charge in [-0.2, -0.15) is 0 Å². The van der Waals surface area contributed by atoms with E-state index in [9.17, 15) is 26.8 Å². The van der Waals surface area contributed by atoms with Gasteiger partial charge in [0.2, 0.25) is 10.0 Å². The molecule has 0 spiro atoms. The van der Waals surface area contributed by atoms with Crippen LogP contribution in [0.3, 0.4) is 0 Å². The molecule has 138 valence electrons. The van der Waals surface area contributed by atoms with E-state index < -0.39 is 33.5 Å². The van der Waals surface area contributed by atoms with Crippen LogP contribution in [0.2, 0.25) is 0 Å². The molecule has 2 rings (SSSR count). The van der Waals surface area contributed by atoms with Crippen molar-refractivity contribution in [3.05, 3.63) is 59.7 Å². The average Bonchev–Trinajstić information content (AvgIpc) is 2.57. The third kappa shape index (κ3) is 5.33. The van der Waals surface area contributed by atoms with E-state index in [4.69, 9.17) is 5.14 Å². The maximum Gasteiger partial charge on any atom is 0.313 e. The van der Waals surface area contributed by atoms with E-state index in [-0.39, 0.29) is 17.1 Å². The maximum atomic E-state index is 13.1. The van der Waals surface area contributed by atoms with Gasteiger partial charge in [0.05, 0.1) is 4.90 Å². The van der Waals surface area contributed by atoms with Crippen molar-refractivity contribution in [3.63, 3.8) is 0 Å². The zero-order chi connectivity index (χ0) is 19.3. The molecule has 0 aliphatic carbocycles. The summed E-state index contributed by atoms with van der Waals surface area (Å²) in [7, 11) is -3.77. The fourth-order valence-electron chi connectivity index (χ4n) is 2.01. The Balaban J connectivity index is 1.84. The van der Waals surface area contributed by atoms with E-state index in [0.29, 0.717) is 6.42 Å². The van der Waals surface area contributed by atoms with Crippen molar-refractivity contribution >= 4 is 27.5 Å². The number of halogens is 2. The quantitative estimate of drug-likeness (QED) is 0.665. The van der Waals surface area contributed by atoms with Gasteiger partial charge < -0.3 is 10.6 Å². The van der Waals surface area contributed by atoms with Gasteiger partial charge in [0.25, 0.3) is 0 Å². The SMILES string of the molecule is NS(=O)(=O)c1ccc(CCNC(=O)C(=O)Nc2ccc(F)c(F)c2)cc1. The number of carbonyl (C=O) groups excluding carboxylic acids is 2. The molecule has 0 aliphatic rings. The van der Waals surface area contributed by atoms with Crippen LogP contribution in [0.5, 0.6) is 0 Å². The van der Waals surface area contributed by atoms with Crippen molar-refractivity contribution in [2.75, 3.05) is 11.9 Å². The summed E-state index contributed by atoms with van der Waals surface area (Å²) in [6.07, 6.45) is 0.342. The number of hydrogen-bond acceptors (Lipinski definition) is 4. The molecule has 0 bridgehead atoms. The Hall–Kier alpha value is -2.85. The second kappa shape index (κ2) is 8.02. The monoisotopic (exact) mass is 383 g/mol. The Morgan fingerprint density at radius 2 is 1.62 bits per heavy atom. The highest BCUT2D eigenvalue weighted by molar-refractivity contribution is 7.89. The Morgan fingerprint density at radius 1 is 0.962 bits per heavy atom. The van der Waals surface area contributed by atoms with Crippen LogP contribution in [0.4, 0.5) is 14.5 Å². The molecule has 0 aliphatic heterocycles. The number of benzene rings is 2. The minimum atomic E-state index is -3.77. The molecule has 0 radical (unpaired) electrons. The molecule has 2 aromatic rings. The second-order valence-corrected chi connectivity index (χ2v) is 6.84. The van der Waals surface area contributed by atoms with Crippen molar-refractivity contribution in [3.8, 4) is 0 Å². The van der Waals surface area contributed by atoms with Crippen LogP contribution in [0, 0.1) is 11.6 Å². The minimum absolute atomic E-state index is 0.0313. The van der Waals surface area contributed by atoms with Crippen molar-refractivity contribution in [2.45, 2.75) is 11.3 Å². The Bertz CT molecular complexity index is 931. The summed E-state index contributed by atoms with van der Waals surface area (Å²) in [5.74, 6) is -4.19. The molecule has 0 fully saturated rings. The third-order valence-corrected chi connectivity index (χ3v) is 4.26. The summed E-state index contributed by atoms with van der Waals surface area (Å²) in [6.45, 7) is 0.110. The minimum Gasteiger partial charge on any atom is -0.347 e. The van der Waals surface area contributed by atoms with Gasteiger partial charge >= 0.3 is 11.8 Å². The smallest absolute Gasteiger partial charge is 0.313 e. The number of sulfonamides is 1. The van der Waals surface area contributed by atoms with Crippen LogP contribution in [-0.2, 0) is 26.0 Å². The molecule has 26 heavy (non-hydrogen) atoms. The predicted molar refractivity (Wildman–Crippen MR) is 89.5 cm³/mol. The number of nitrogens with two attached hydrogens (primary N) is 1. The molecular formula is C16H15F2N3O4S. The molecule has 10 heteroatoms. The molecule has 0 saturated heterocycles. The molecule has 2 amide bonds. The van der Waals surface area contributed by atoms with Crippen LogP contribution in [0.15, 0.2) is 47.4 Å². The number of rotatable bonds is 5. The maximum absolute atomic E-state index is 13.1. The summed E-state index contributed by atoms with van der Waals surface area (Å²) in [4.78, 5) is 23.3. The first-order chi connectivity index (χ1) is 12.2. The van der Waals surface area contributed by atoms with Gasteiger partial charge in [-0.25, -0.2) is 22.3 Å². The molecular weight excluding hydrogens is 368 g/mol. The van der Waals surface area contributed by atoms with Crippen LogP contribution in [0.1, 0.15) is 5.56 Å². The van der Waals surface area contributed by atoms with Crippen LogP contribution in [0.25, 0.3) is 0 Å². The van der Waals surface area contributed by atoms with E-state index >= 15 is 0 Å². The Labute approximate surface area is 148 Å². The van der Waals surface area contributed by atoms with Gasteiger partial charge in [0.15, 0.2) is 11.6 Å². The first-order valence-electron chi connectivity index (χ1n) is 7.33. The first kappa shape index (κ1) is 19.5. The van der Waals surface area contributed by atoms with Crippen LogP contribution < -0.4 is 15.8 Å². The van der Waals surface area contributed by atoms with Gasteiger partial charge in [-0.3, -0.25) is 9.59 Å². The molecule has 7 nitrogen and oxygen atoms in total. The largest absolute Gasteiger partial charge is 0.347 e. The molecule has 4 N–H and O–H groups in total. The number of amides is 2. The Morgan fingerprint density at radius 3 is 2.19 bits per heavy atom. The van der Waals surface area contributed by atoms with E-state index in [1.165, 1.54) is 24.3 Å². The van der Waals surface area contributed by atoms with Crippen LogP contribution >= 0.6 is 0 Å². The van der Waals surface area contributed by atoms with E-state index in [1.54, 1.807) is 0 Å². The van der Waals surface area contributed by atoms with E-state index in [0.717, 1.165) is 23.8 Å². The molecule has 0 unspecified atom stereocenters. The highest BCUT2D eigenvalue weighted by Gasteiger charge is 2.14. The summed E-state index contributed by atoms with van der Waals surface area (Å²) >= 11 is 0. The standard InChI is InChI=1S/C16H15F2N3O4S/c17-13-6-3-11(9-14(13)18)21-16(23)15(22)20-8-7-10-1-4-12(5-2-10)26(19,24)25/h1-6,9H,7-8H2,(H,20,22)(H,21,23)(H2,19,24,25). The predicted octanol–water partition coefficient (Wildman–Crippen LogP) is 0.910. The number of primary sulfonamides is 1. The van der Waals surface area contributed by atoms with Gasteiger partial charge in [0, 0.05) is 18.3 Å². The first-order valence-corrected chi connectivity index (χ1v) is 8.87. The highest BCUT2D eigenvalue weighted by atomic mass is 32.2. The second-order valence-electron chi connectivity index (χ2n) is 5.28. The van der Waals surface area contributed by atoms with Gasteiger partial charge in [-0.15, -0.1) is 0 Å². The lowest BCUT2D eigenvalue weighted by Crippen LogP contribution is -2.36. The van der Waals surface area contributed by atoms with Crippen molar-refractivity contribution in [1.29, 1.82) is 0 Å². The van der Waals surface area contributed by atoms with E-state index in [2.05, 4.69) is 10.6 Å². The molecule has 0 atom stereocenters. The zero-order valence-corrected chi connectivity index (χ0v) is 14.1. The lowest BCUT2D eigenvalue weighted by Gasteiger charge is -2.07. The fraction of sp³-hybridized carbons (Fsp3) is 0.125. The van der Waals surface area contributed by atoms with Crippen LogP contribution in [-0.4, -0.2) is 26.8 Å². The molecule has 0 saturated carbocycles. The molecule has 2 aromatic carbocycles. The third-order valence-electron chi connectivity index (χ3n) is 3.33. The molecule has 0 heterocycles. The van der Waals surface area contributed by atoms with Gasteiger partial charge in [-0.05, 0) is 36.2 Å².